The first-order chi connectivity index (χ1) is 12.7. The molecule has 1 aliphatic heterocycles. The third-order valence-corrected chi connectivity index (χ3v) is 7.10. The maximum absolute atomic E-state index is 13.4. The van der Waals surface area contributed by atoms with Gasteiger partial charge < -0.3 is 4.57 Å². The van der Waals surface area contributed by atoms with E-state index in [1.165, 1.54) is 22.5 Å². The zero-order valence-electron chi connectivity index (χ0n) is 15.8. The van der Waals surface area contributed by atoms with Gasteiger partial charge in [0.05, 0.1) is 11.4 Å². The van der Waals surface area contributed by atoms with Crippen LogP contribution in [0.5, 0.6) is 0 Å². The first kappa shape index (κ1) is 19.7. The Kier molecular flexibility index (Phi) is 5.50. The summed E-state index contributed by atoms with van der Waals surface area (Å²) in [5, 5.41) is 0. The molecule has 1 saturated heterocycles. The zero-order chi connectivity index (χ0) is 19.8. The summed E-state index contributed by atoms with van der Waals surface area (Å²) in [6.45, 7) is 5.62. The molecule has 0 amide bonds. The zero-order valence-corrected chi connectivity index (χ0v) is 16.6. The smallest absolute Gasteiger partial charge is 0.243 e. The van der Waals surface area contributed by atoms with Crippen LogP contribution in [-0.2, 0) is 17.1 Å². The normalized spacial score (nSPS) is 16.6. The van der Waals surface area contributed by atoms with Crippen LogP contribution in [0, 0.1) is 19.7 Å². The Morgan fingerprint density at radius 2 is 1.78 bits per heavy atom. The fourth-order valence-corrected chi connectivity index (χ4v) is 4.78. The molecule has 0 aliphatic carbocycles. The number of hydrogen-bond acceptors (Lipinski definition) is 4. The molecule has 1 fully saturated rings. The van der Waals surface area contributed by atoms with Crippen LogP contribution < -0.4 is 0 Å². The van der Waals surface area contributed by atoms with Crippen LogP contribution in [-0.4, -0.2) is 60.7 Å². The van der Waals surface area contributed by atoms with E-state index in [0.717, 1.165) is 17.5 Å². The second-order valence-corrected chi connectivity index (χ2v) is 8.84. The predicted octanol–water partition coefficient (Wildman–Crippen LogP) is 1.97. The van der Waals surface area contributed by atoms with Crippen LogP contribution in [0.3, 0.4) is 0 Å². The molecule has 1 aliphatic rings. The Balaban J connectivity index is 1.63. The van der Waals surface area contributed by atoms with Crippen LogP contribution in [0.15, 0.2) is 35.2 Å². The lowest BCUT2D eigenvalue weighted by atomic mass is 10.1. The number of carbonyl (C=O) groups excluding carboxylic acids is 1. The fourth-order valence-electron chi connectivity index (χ4n) is 3.33. The Morgan fingerprint density at radius 3 is 2.33 bits per heavy atom. The van der Waals surface area contributed by atoms with E-state index < -0.39 is 15.8 Å². The summed E-state index contributed by atoms with van der Waals surface area (Å²) in [7, 11) is -1.79. The van der Waals surface area contributed by atoms with Crippen molar-refractivity contribution in [3.63, 3.8) is 0 Å². The summed E-state index contributed by atoms with van der Waals surface area (Å²) in [4.78, 5) is 14.5. The molecule has 3 rings (SSSR count). The van der Waals surface area contributed by atoms with Gasteiger partial charge in [0.15, 0.2) is 5.78 Å². The predicted molar refractivity (Wildman–Crippen MR) is 101 cm³/mol. The molecule has 0 unspecified atom stereocenters. The number of Topliss-reactive ketones (excluding diaryl/α,β-unsaturated/α-hetero) is 1. The molecular formula is C19H24FN3O3S. The summed E-state index contributed by atoms with van der Waals surface area (Å²) in [6.07, 6.45) is 0. The minimum atomic E-state index is -3.72. The number of aromatic nitrogens is 1. The van der Waals surface area contributed by atoms with Gasteiger partial charge in [0, 0.05) is 50.2 Å². The molecule has 0 N–H and O–H groups in total. The minimum Gasteiger partial charge on any atom is -0.351 e. The topological polar surface area (TPSA) is 62.6 Å². The van der Waals surface area contributed by atoms with Crippen molar-refractivity contribution in [2.45, 2.75) is 18.7 Å². The van der Waals surface area contributed by atoms with Gasteiger partial charge in [-0.2, -0.15) is 4.31 Å². The number of rotatable bonds is 5. The molecule has 0 bridgehead atoms. The monoisotopic (exact) mass is 393 g/mol. The highest BCUT2D eigenvalue weighted by molar-refractivity contribution is 7.89. The van der Waals surface area contributed by atoms with E-state index >= 15 is 0 Å². The summed E-state index contributed by atoms with van der Waals surface area (Å²) < 4.78 is 42.0. The van der Waals surface area contributed by atoms with Crippen LogP contribution in [0.25, 0.3) is 0 Å². The van der Waals surface area contributed by atoms with Crippen LogP contribution >= 0.6 is 0 Å². The third kappa shape index (κ3) is 3.97. The van der Waals surface area contributed by atoms with Crippen LogP contribution in [0.2, 0.25) is 0 Å². The van der Waals surface area contributed by atoms with E-state index in [-0.39, 0.29) is 30.3 Å². The summed E-state index contributed by atoms with van der Waals surface area (Å²) >= 11 is 0. The number of nitrogens with zero attached hydrogens (tertiary/aromatic N) is 3. The number of halogens is 1. The van der Waals surface area contributed by atoms with Gasteiger partial charge >= 0.3 is 0 Å². The third-order valence-electron chi connectivity index (χ3n) is 5.21. The number of benzene rings is 1. The number of sulfonamides is 1. The van der Waals surface area contributed by atoms with Crippen LogP contribution in [0.4, 0.5) is 4.39 Å². The number of piperazine rings is 1. The first-order valence-electron chi connectivity index (χ1n) is 8.84. The van der Waals surface area contributed by atoms with Gasteiger partial charge in [-0.15, -0.1) is 0 Å². The van der Waals surface area contributed by atoms with E-state index in [1.54, 1.807) is 0 Å². The van der Waals surface area contributed by atoms with Gasteiger partial charge in [-0.1, -0.05) is 6.07 Å². The molecular weight excluding hydrogens is 369 g/mol. The number of carbonyl (C=O) groups is 1. The highest BCUT2D eigenvalue weighted by Gasteiger charge is 2.29. The molecule has 8 heteroatoms. The number of hydrogen-bond donors (Lipinski definition) is 0. The number of ketones is 1. The molecule has 2 aromatic rings. The van der Waals surface area contributed by atoms with Gasteiger partial charge in [-0.3, -0.25) is 9.69 Å². The van der Waals surface area contributed by atoms with Crippen molar-refractivity contribution in [1.29, 1.82) is 0 Å². The summed E-state index contributed by atoms with van der Waals surface area (Å²) in [6, 6.07) is 6.93. The van der Waals surface area contributed by atoms with Gasteiger partial charge in [0.25, 0.3) is 0 Å². The molecule has 0 saturated carbocycles. The molecule has 0 radical (unpaired) electrons. The van der Waals surface area contributed by atoms with E-state index in [0.29, 0.717) is 18.7 Å². The molecule has 0 atom stereocenters. The Morgan fingerprint density at radius 1 is 1.11 bits per heavy atom. The highest BCUT2D eigenvalue weighted by atomic mass is 32.2. The summed E-state index contributed by atoms with van der Waals surface area (Å²) in [5.41, 5.74) is 2.68. The number of aryl methyl sites for hydroxylation is 1. The van der Waals surface area contributed by atoms with Gasteiger partial charge in [0.1, 0.15) is 5.82 Å². The lowest BCUT2D eigenvalue weighted by Crippen LogP contribution is -2.49. The van der Waals surface area contributed by atoms with Gasteiger partial charge in [0.2, 0.25) is 10.0 Å². The van der Waals surface area contributed by atoms with Gasteiger partial charge in [-0.25, -0.2) is 12.8 Å². The van der Waals surface area contributed by atoms with E-state index in [1.807, 2.05) is 36.4 Å². The molecule has 146 valence electrons. The second-order valence-electron chi connectivity index (χ2n) is 6.90. The molecule has 2 heterocycles. The van der Waals surface area contributed by atoms with E-state index in [2.05, 4.69) is 0 Å². The Hall–Kier alpha value is -2.03. The first-order valence-corrected chi connectivity index (χ1v) is 10.3. The maximum atomic E-state index is 13.4. The summed E-state index contributed by atoms with van der Waals surface area (Å²) in [5.74, 6) is -0.536. The van der Waals surface area contributed by atoms with Crippen molar-refractivity contribution in [1.82, 2.24) is 13.8 Å². The van der Waals surface area contributed by atoms with Crippen molar-refractivity contribution >= 4 is 15.8 Å². The van der Waals surface area contributed by atoms with Crippen molar-refractivity contribution in [2.75, 3.05) is 32.7 Å². The fraction of sp³-hybridized carbons (Fsp3) is 0.421. The average molecular weight is 393 g/mol. The second kappa shape index (κ2) is 7.53. The van der Waals surface area contributed by atoms with E-state index in [9.17, 15) is 17.6 Å². The largest absolute Gasteiger partial charge is 0.351 e. The lowest BCUT2D eigenvalue weighted by Gasteiger charge is -2.33. The maximum Gasteiger partial charge on any atom is 0.243 e. The van der Waals surface area contributed by atoms with Crippen molar-refractivity contribution < 1.29 is 17.6 Å². The SMILES string of the molecule is Cc1cc(C(=O)CN2CCN(S(=O)(=O)c3cccc(F)c3)CC2)c(C)n1C. The minimum absolute atomic E-state index is 0.0394. The molecule has 1 aromatic carbocycles. The van der Waals surface area contributed by atoms with E-state index in [4.69, 9.17) is 0 Å². The molecule has 27 heavy (non-hydrogen) atoms. The average Bonchev–Trinajstić information content (AvgIpc) is 2.90. The highest BCUT2D eigenvalue weighted by Crippen LogP contribution is 2.19. The van der Waals surface area contributed by atoms with Crippen molar-refractivity contribution in [3.05, 3.63) is 53.1 Å². The van der Waals surface area contributed by atoms with Crippen molar-refractivity contribution in [3.8, 4) is 0 Å². The standard InChI is InChI=1S/C19H24FN3O3S/c1-14-11-18(15(2)21(14)3)19(24)13-22-7-9-23(10-8-22)27(25,26)17-6-4-5-16(20)12-17/h4-6,11-12H,7-10,13H2,1-3H3. The molecule has 6 nitrogen and oxygen atoms in total. The molecule has 0 spiro atoms. The van der Waals surface area contributed by atoms with Crippen LogP contribution in [0.1, 0.15) is 21.7 Å². The quantitative estimate of drug-likeness (QED) is 0.729. The Labute approximate surface area is 159 Å². The molecule has 1 aromatic heterocycles. The van der Waals surface area contributed by atoms with Crippen molar-refractivity contribution in [2.24, 2.45) is 7.05 Å². The lowest BCUT2D eigenvalue weighted by molar-refractivity contribution is 0.0901. The Bertz CT molecular complexity index is 961. The van der Waals surface area contributed by atoms with Gasteiger partial charge in [-0.05, 0) is 38.1 Å².